The van der Waals surface area contributed by atoms with Gasteiger partial charge in [-0.2, -0.15) is 0 Å². The van der Waals surface area contributed by atoms with Crippen LogP contribution in [0.2, 0.25) is 0 Å². The quantitative estimate of drug-likeness (QED) is 0.647. The summed E-state index contributed by atoms with van der Waals surface area (Å²) in [5.74, 6) is -0.818. The number of halogens is 2. The highest BCUT2D eigenvalue weighted by atomic mass is 19.3. The van der Waals surface area contributed by atoms with Gasteiger partial charge in [0.05, 0.1) is 18.4 Å². The monoisotopic (exact) mass is 243 g/mol. The van der Waals surface area contributed by atoms with Gasteiger partial charge in [-0.1, -0.05) is 6.58 Å². The average molecular weight is 243 g/mol. The number of ether oxygens (including phenoxy) is 1. The van der Waals surface area contributed by atoms with Crippen LogP contribution < -0.4 is 0 Å². The lowest BCUT2D eigenvalue weighted by atomic mass is 10.1. The van der Waals surface area contributed by atoms with E-state index in [4.69, 9.17) is 0 Å². The van der Waals surface area contributed by atoms with Gasteiger partial charge in [-0.05, 0) is 12.1 Å². The molecule has 6 heteroatoms. The maximum absolute atomic E-state index is 12.4. The first-order valence-corrected chi connectivity index (χ1v) is 4.66. The van der Waals surface area contributed by atoms with Crippen LogP contribution in [-0.2, 0) is 9.53 Å². The van der Waals surface area contributed by atoms with Crippen LogP contribution in [0, 0.1) is 0 Å². The molecule has 1 aromatic rings. The molecule has 1 N–H and O–H groups in total. The lowest BCUT2D eigenvalue weighted by molar-refractivity contribution is -0.137. The Balaban J connectivity index is 2.96. The normalized spacial score (nSPS) is 12.3. The van der Waals surface area contributed by atoms with Crippen LogP contribution in [0.25, 0.3) is 0 Å². The largest absolute Gasteiger partial charge is 0.466 e. The van der Waals surface area contributed by atoms with E-state index in [2.05, 4.69) is 16.3 Å². The molecule has 0 aromatic carbocycles. The first-order valence-electron chi connectivity index (χ1n) is 4.66. The van der Waals surface area contributed by atoms with E-state index in [1.807, 2.05) is 0 Å². The van der Waals surface area contributed by atoms with Gasteiger partial charge < -0.3 is 9.84 Å². The molecule has 1 unspecified atom stereocenters. The van der Waals surface area contributed by atoms with Crippen LogP contribution in [0.1, 0.15) is 23.8 Å². The predicted molar refractivity (Wildman–Crippen MR) is 55.3 cm³/mol. The van der Waals surface area contributed by atoms with Crippen LogP contribution in [0.5, 0.6) is 0 Å². The number of methoxy groups -OCH3 is 1. The number of alkyl halides is 2. The maximum atomic E-state index is 12.4. The third-order valence-corrected chi connectivity index (χ3v) is 2.11. The van der Waals surface area contributed by atoms with Gasteiger partial charge in [-0.25, -0.2) is 13.6 Å². The van der Waals surface area contributed by atoms with Gasteiger partial charge in [0.25, 0.3) is 6.43 Å². The van der Waals surface area contributed by atoms with Gasteiger partial charge in [0.2, 0.25) is 0 Å². The molecule has 0 bridgehead atoms. The van der Waals surface area contributed by atoms with Crippen molar-refractivity contribution in [3.05, 3.63) is 41.7 Å². The fraction of sp³-hybridized carbons (Fsp3) is 0.273. The molecule has 0 radical (unpaired) electrons. The number of esters is 1. The van der Waals surface area contributed by atoms with E-state index < -0.39 is 18.5 Å². The highest BCUT2D eigenvalue weighted by Gasteiger charge is 2.21. The number of hydrogen-bond donors (Lipinski definition) is 1. The van der Waals surface area contributed by atoms with Gasteiger partial charge in [0.1, 0.15) is 6.10 Å². The summed E-state index contributed by atoms with van der Waals surface area (Å²) < 4.78 is 29.2. The second kappa shape index (κ2) is 5.49. The van der Waals surface area contributed by atoms with Crippen molar-refractivity contribution in [2.24, 2.45) is 0 Å². The van der Waals surface area contributed by atoms with E-state index in [-0.39, 0.29) is 16.8 Å². The molecule has 0 saturated heterocycles. The van der Waals surface area contributed by atoms with E-state index >= 15 is 0 Å². The standard InChI is InChI=1S/C11H11F2NO3/c1-6(11(16)17-2)9(15)8-5-7(10(12)13)3-4-14-8/h3-5,9-10,15H,1H2,2H3. The number of pyridine rings is 1. The number of carbonyl (C=O) groups is 1. The van der Waals surface area contributed by atoms with E-state index in [9.17, 15) is 18.7 Å². The minimum atomic E-state index is -2.67. The fourth-order valence-electron chi connectivity index (χ4n) is 1.17. The van der Waals surface area contributed by atoms with Gasteiger partial charge in [0, 0.05) is 11.8 Å². The highest BCUT2D eigenvalue weighted by Crippen LogP contribution is 2.24. The van der Waals surface area contributed by atoms with Crippen molar-refractivity contribution < 1.29 is 23.4 Å². The number of aliphatic hydroxyl groups is 1. The van der Waals surface area contributed by atoms with Crippen LogP contribution in [0.4, 0.5) is 8.78 Å². The smallest absolute Gasteiger partial charge is 0.336 e. The average Bonchev–Trinajstić information content (AvgIpc) is 2.36. The Kier molecular flexibility index (Phi) is 4.28. The zero-order chi connectivity index (χ0) is 13.0. The van der Waals surface area contributed by atoms with Crippen molar-refractivity contribution >= 4 is 5.97 Å². The van der Waals surface area contributed by atoms with E-state index in [1.165, 1.54) is 0 Å². The Labute approximate surface area is 96.6 Å². The molecule has 0 aliphatic carbocycles. The second-order valence-corrected chi connectivity index (χ2v) is 3.23. The summed E-state index contributed by atoms with van der Waals surface area (Å²) in [5, 5.41) is 9.69. The van der Waals surface area contributed by atoms with Crippen molar-refractivity contribution in [2.45, 2.75) is 12.5 Å². The van der Waals surface area contributed by atoms with Crippen molar-refractivity contribution in [3.8, 4) is 0 Å². The van der Waals surface area contributed by atoms with E-state index in [0.717, 1.165) is 25.4 Å². The molecule has 0 aliphatic heterocycles. The highest BCUT2D eigenvalue weighted by molar-refractivity contribution is 5.88. The Bertz CT molecular complexity index is 434. The zero-order valence-corrected chi connectivity index (χ0v) is 9.06. The van der Waals surface area contributed by atoms with Gasteiger partial charge in [-0.15, -0.1) is 0 Å². The van der Waals surface area contributed by atoms with Crippen LogP contribution in [0.3, 0.4) is 0 Å². The minimum absolute atomic E-state index is 0.0711. The number of nitrogens with zero attached hydrogens (tertiary/aromatic N) is 1. The summed E-state index contributed by atoms with van der Waals surface area (Å²) in [6, 6.07) is 2.14. The van der Waals surface area contributed by atoms with Crippen LogP contribution >= 0.6 is 0 Å². The maximum Gasteiger partial charge on any atom is 0.336 e. The third kappa shape index (κ3) is 3.07. The third-order valence-electron chi connectivity index (χ3n) is 2.11. The van der Waals surface area contributed by atoms with Crippen molar-refractivity contribution in [2.75, 3.05) is 7.11 Å². The fourth-order valence-corrected chi connectivity index (χ4v) is 1.17. The van der Waals surface area contributed by atoms with Crippen LogP contribution in [0.15, 0.2) is 30.5 Å². The van der Waals surface area contributed by atoms with Gasteiger partial charge in [0.15, 0.2) is 0 Å². The Morgan fingerprint density at radius 2 is 2.24 bits per heavy atom. The molecule has 17 heavy (non-hydrogen) atoms. The number of aromatic nitrogens is 1. The molecule has 0 spiro atoms. The predicted octanol–water partition coefficient (Wildman–Crippen LogP) is 1.78. The number of rotatable bonds is 4. The number of hydrogen-bond acceptors (Lipinski definition) is 4. The molecule has 1 aromatic heterocycles. The Morgan fingerprint density at radius 3 is 2.76 bits per heavy atom. The SMILES string of the molecule is C=C(C(=O)OC)C(O)c1cc(C(F)F)ccn1. The lowest BCUT2D eigenvalue weighted by Crippen LogP contribution is -2.13. The van der Waals surface area contributed by atoms with Crippen molar-refractivity contribution in [3.63, 3.8) is 0 Å². The molecule has 0 fully saturated rings. The Hall–Kier alpha value is -1.82. The summed E-state index contributed by atoms with van der Waals surface area (Å²) in [5.41, 5.74) is -0.615. The molecule has 92 valence electrons. The summed E-state index contributed by atoms with van der Waals surface area (Å²) in [4.78, 5) is 14.8. The first-order chi connectivity index (χ1) is 7.97. The molecule has 0 amide bonds. The number of carbonyl (C=O) groups excluding carboxylic acids is 1. The number of aliphatic hydroxyl groups excluding tert-OH is 1. The van der Waals surface area contributed by atoms with Gasteiger partial charge in [-0.3, -0.25) is 4.98 Å². The molecule has 1 heterocycles. The van der Waals surface area contributed by atoms with E-state index in [0.29, 0.717) is 0 Å². The minimum Gasteiger partial charge on any atom is -0.466 e. The van der Waals surface area contributed by atoms with Crippen molar-refractivity contribution in [1.29, 1.82) is 0 Å². The zero-order valence-electron chi connectivity index (χ0n) is 9.06. The molecular weight excluding hydrogens is 232 g/mol. The second-order valence-electron chi connectivity index (χ2n) is 3.23. The molecule has 0 saturated carbocycles. The topological polar surface area (TPSA) is 59.4 Å². The van der Waals surface area contributed by atoms with Crippen molar-refractivity contribution in [1.82, 2.24) is 4.98 Å². The Morgan fingerprint density at radius 1 is 1.59 bits per heavy atom. The van der Waals surface area contributed by atoms with Gasteiger partial charge >= 0.3 is 5.97 Å². The van der Waals surface area contributed by atoms with Crippen LogP contribution in [-0.4, -0.2) is 23.2 Å². The molecular formula is C11H11F2NO3. The molecule has 4 nitrogen and oxygen atoms in total. The summed E-state index contributed by atoms with van der Waals surface area (Å²) in [6.45, 7) is 3.32. The summed E-state index contributed by atoms with van der Waals surface area (Å²) >= 11 is 0. The lowest BCUT2D eigenvalue weighted by Gasteiger charge is -2.12. The molecule has 0 aliphatic rings. The molecule has 1 rings (SSSR count). The summed E-state index contributed by atoms with van der Waals surface area (Å²) in [7, 11) is 1.13. The first kappa shape index (κ1) is 13.2. The van der Waals surface area contributed by atoms with E-state index in [1.54, 1.807) is 0 Å². The molecule has 1 atom stereocenters. The summed E-state index contributed by atoms with van der Waals surface area (Å²) in [6.07, 6.45) is -3.00.